The molecule has 0 heterocycles. The van der Waals surface area contributed by atoms with Crippen molar-refractivity contribution >= 4 is 39.1 Å². The van der Waals surface area contributed by atoms with Gasteiger partial charge < -0.3 is 10.2 Å². The van der Waals surface area contributed by atoms with Crippen LogP contribution in [0.25, 0.3) is 0 Å². The summed E-state index contributed by atoms with van der Waals surface area (Å²) in [4.78, 5) is 27.5. The third-order valence-electron chi connectivity index (χ3n) is 5.51. The van der Waals surface area contributed by atoms with Crippen LogP contribution in [-0.2, 0) is 32.3 Å². The summed E-state index contributed by atoms with van der Waals surface area (Å²) in [5.41, 5.74) is 0.0137. The van der Waals surface area contributed by atoms with Crippen molar-refractivity contribution in [1.29, 1.82) is 0 Å². The van der Waals surface area contributed by atoms with Crippen LogP contribution in [0, 0.1) is 12.8 Å². The number of alkyl halides is 3. The molecule has 0 fully saturated rings. The van der Waals surface area contributed by atoms with Gasteiger partial charge in [-0.1, -0.05) is 55.3 Å². The Morgan fingerprint density at radius 2 is 1.73 bits per heavy atom. The summed E-state index contributed by atoms with van der Waals surface area (Å²) in [5.74, 6) is -1.04. The summed E-state index contributed by atoms with van der Waals surface area (Å²) >= 11 is 5.68. The maximum Gasteiger partial charge on any atom is 0.417 e. The summed E-state index contributed by atoms with van der Waals surface area (Å²) in [6.45, 7) is 6.74. The molecule has 1 atom stereocenters. The first-order chi connectivity index (χ1) is 17.0. The Balaban J connectivity index is 2.46. The Hall–Kier alpha value is -2.79. The minimum atomic E-state index is -4.83. The van der Waals surface area contributed by atoms with Crippen molar-refractivity contribution in [2.45, 2.75) is 46.5 Å². The van der Waals surface area contributed by atoms with Gasteiger partial charge in [0.1, 0.15) is 12.6 Å². The van der Waals surface area contributed by atoms with Gasteiger partial charge in [0.2, 0.25) is 21.8 Å². The lowest BCUT2D eigenvalue weighted by Crippen LogP contribution is -2.51. The highest BCUT2D eigenvalue weighted by Crippen LogP contribution is 2.37. The van der Waals surface area contributed by atoms with E-state index in [0.717, 1.165) is 24.0 Å². The molecule has 12 heteroatoms. The maximum absolute atomic E-state index is 13.5. The molecule has 0 saturated carbocycles. The van der Waals surface area contributed by atoms with Gasteiger partial charge in [-0.2, -0.15) is 13.2 Å². The number of amides is 2. The van der Waals surface area contributed by atoms with Crippen LogP contribution < -0.4 is 9.62 Å². The maximum atomic E-state index is 13.5. The van der Waals surface area contributed by atoms with Crippen molar-refractivity contribution in [2.24, 2.45) is 5.92 Å². The monoisotopic (exact) mass is 561 g/mol. The zero-order chi connectivity index (χ0) is 28.1. The van der Waals surface area contributed by atoms with Crippen molar-refractivity contribution in [1.82, 2.24) is 10.2 Å². The van der Waals surface area contributed by atoms with Gasteiger partial charge >= 0.3 is 6.18 Å². The van der Waals surface area contributed by atoms with E-state index in [-0.39, 0.29) is 18.2 Å². The summed E-state index contributed by atoms with van der Waals surface area (Å²) in [7, 11) is -4.19. The van der Waals surface area contributed by atoms with Gasteiger partial charge in [-0.25, -0.2) is 8.42 Å². The Bertz CT molecular complexity index is 1240. The molecule has 0 radical (unpaired) electrons. The van der Waals surface area contributed by atoms with E-state index in [0.29, 0.717) is 22.5 Å². The van der Waals surface area contributed by atoms with Crippen molar-refractivity contribution in [3.63, 3.8) is 0 Å². The van der Waals surface area contributed by atoms with Crippen molar-refractivity contribution in [3.05, 3.63) is 64.2 Å². The summed E-state index contributed by atoms with van der Waals surface area (Å²) in [6, 6.07) is 8.84. The van der Waals surface area contributed by atoms with E-state index in [1.54, 1.807) is 12.1 Å². The van der Waals surface area contributed by atoms with Crippen molar-refractivity contribution < 1.29 is 31.2 Å². The molecule has 2 amide bonds. The van der Waals surface area contributed by atoms with Gasteiger partial charge in [0.15, 0.2) is 0 Å². The van der Waals surface area contributed by atoms with Crippen LogP contribution in [0.3, 0.4) is 0 Å². The van der Waals surface area contributed by atoms with E-state index >= 15 is 0 Å². The number of benzene rings is 2. The van der Waals surface area contributed by atoms with E-state index in [1.807, 2.05) is 32.9 Å². The molecule has 204 valence electrons. The molecule has 2 rings (SSSR count). The molecular formula is C25H31ClF3N3O4S. The van der Waals surface area contributed by atoms with Crippen molar-refractivity contribution in [3.8, 4) is 0 Å². The molecule has 0 aliphatic carbocycles. The van der Waals surface area contributed by atoms with Gasteiger partial charge in [-0.05, 0) is 43.5 Å². The lowest BCUT2D eigenvalue weighted by Gasteiger charge is -2.32. The first-order valence-corrected chi connectivity index (χ1v) is 13.7. The number of hydrogen-bond acceptors (Lipinski definition) is 4. The largest absolute Gasteiger partial charge is 0.417 e. The molecule has 0 aliphatic heterocycles. The van der Waals surface area contributed by atoms with E-state index in [4.69, 9.17) is 11.6 Å². The van der Waals surface area contributed by atoms with E-state index in [1.165, 1.54) is 11.8 Å². The van der Waals surface area contributed by atoms with Gasteiger partial charge in [-0.3, -0.25) is 13.9 Å². The standard InChI is InChI=1S/C25H31ClF3N3O4S/c1-16(2)13-30-24(34)18(4)31(14-19-8-6-7-17(3)11-19)23(33)15-32(37(5,35)36)20-9-10-22(26)21(12-20)25(27,28)29/h6-12,16,18H,13-15H2,1-5H3,(H,30,34). The van der Waals surface area contributed by atoms with Crippen LogP contribution in [0.5, 0.6) is 0 Å². The highest BCUT2D eigenvalue weighted by atomic mass is 35.5. The average Bonchev–Trinajstić information content (AvgIpc) is 2.77. The normalized spacial score (nSPS) is 12.8. The third-order valence-corrected chi connectivity index (χ3v) is 6.98. The minimum Gasteiger partial charge on any atom is -0.354 e. The number of rotatable bonds is 10. The highest BCUT2D eigenvalue weighted by molar-refractivity contribution is 7.92. The zero-order valence-corrected chi connectivity index (χ0v) is 22.8. The number of nitrogens with one attached hydrogen (secondary N) is 1. The number of aryl methyl sites for hydroxylation is 1. The lowest BCUT2D eigenvalue weighted by atomic mass is 10.1. The Kier molecular flexibility index (Phi) is 10.0. The van der Waals surface area contributed by atoms with E-state index in [2.05, 4.69) is 5.32 Å². The van der Waals surface area contributed by atoms with Gasteiger partial charge in [0.05, 0.1) is 22.5 Å². The number of carbonyl (C=O) groups is 2. The molecule has 2 aromatic rings. The molecule has 1 N–H and O–H groups in total. The molecular weight excluding hydrogens is 531 g/mol. The number of hydrogen-bond donors (Lipinski definition) is 1. The molecule has 0 spiro atoms. The average molecular weight is 562 g/mol. The molecule has 0 aromatic heterocycles. The first-order valence-electron chi connectivity index (χ1n) is 11.5. The molecule has 37 heavy (non-hydrogen) atoms. The zero-order valence-electron chi connectivity index (χ0n) is 21.3. The smallest absolute Gasteiger partial charge is 0.354 e. The molecule has 2 aromatic carbocycles. The van der Waals surface area contributed by atoms with Crippen LogP contribution in [0.15, 0.2) is 42.5 Å². The highest BCUT2D eigenvalue weighted by Gasteiger charge is 2.35. The third kappa shape index (κ3) is 8.63. The fourth-order valence-corrected chi connectivity index (χ4v) is 4.61. The molecule has 0 saturated heterocycles. The molecule has 1 unspecified atom stereocenters. The second-order valence-corrected chi connectivity index (χ2v) is 11.6. The molecule has 0 aliphatic rings. The van der Waals surface area contributed by atoms with Crippen LogP contribution >= 0.6 is 11.6 Å². The Labute approximate surface area is 220 Å². The lowest BCUT2D eigenvalue weighted by molar-refractivity contribution is -0.139. The van der Waals surface area contributed by atoms with Crippen LogP contribution in [-0.4, -0.2) is 50.5 Å². The Morgan fingerprint density at radius 1 is 1.08 bits per heavy atom. The van der Waals surface area contributed by atoms with E-state index in [9.17, 15) is 31.2 Å². The first kappa shape index (κ1) is 30.4. The number of carbonyl (C=O) groups excluding carboxylic acids is 2. The second kappa shape index (κ2) is 12.2. The number of sulfonamides is 1. The minimum absolute atomic E-state index is 0.0111. The van der Waals surface area contributed by atoms with E-state index < -0.39 is 51.2 Å². The topological polar surface area (TPSA) is 86.8 Å². The van der Waals surface area contributed by atoms with Gasteiger partial charge in [0, 0.05) is 13.1 Å². The summed E-state index contributed by atoms with van der Waals surface area (Å²) < 4.78 is 66.0. The Morgan fingerprint density at radius 3 is 2.27 bits per heavy atom. The van der Waals surface area contributed by atoms with Crippen LogP contribution in [0.2, 0.25) is 5.02 Å². The van der Waals surface area contributed by atoms with Gasteiger partial charge in [0.25, 0.3) is 0 Å². The van der Waals surface area contributed by atoms with Crippen LogP contribution in [0.4, 0.5) is 18.9 Å². The SMILES string of the molecule is Cc1cccc(CN(C(=O)CN(c2ccc(Cl)c(C(F)(F)F)c2)S(C)(=O)=O)C(C)C(=O)NCC(C)C)c1. The molecule has 0 bridgehead atoms. The molecule has 7 nitrogen and oxygen atoms in total. The second-order valence-electron chi connectivity index (χ2n) is 9.26. The quantitative estimate of drug-likeness (QED) is 0.458. The predicted molar refractivity (Wildman–Crippen MR) is 138 cm³/mol. The fraction of sp³-hybridized carbons (Fsp3) is 0.440. The van der Waals surface area contributed by atoms with Gasteiger partial charge in [-0.15, -0.1) is 0 Å². The number of anilines is 1. The summed E-state index contributed by atoms with van der Waals surface area (Å²) in [6.07, 6.45) is -4.05. The van der Waals surface area contributed by atoms with Crippen LogP contribution in [0.1, 0.15) is 37.5 Å². The fourth-order valence-electron chi connectivity index (χ4n) is 3.54. The number of nitrogens with zero attached hydrogens (tertiary/aromatic N) is 2. The number of halogens is 4. The predicted octanol–water partition coefficient (Wildman–Crippen LogP) is 4.62. The summed E-state index contributed by atoms with van der Waals surface area (Å²) in [5, 5.41) is 2.15. The van der Waals surface area contributed by atoms with Crippen molar-refractivity contribution in [2.75, 3.05) is 23.7 Å².